The minimum absolute atomic E-state index is 0.154. The third-order valence-electron chi connectivity index (χ3n) is 10.3. The van der Waals surface area contributed by atoms with E-state index in [9.17, 15) is 0 Å². The summed E-state index contributed by atoms with van der Waals surface area (Å²) in [5.74, 6) is 0.711. The lowest BCUT2D eigenvalue weighted by atomic mass is 10.0. The molecule has 2 atom stereocenters. The standard InChI is InChI=1S/C34H27N3.C14H15N3.C3H6.C2H6/c1-2-3-5-18-33(35)37-29-17-11-10-16-26(29)27-21-28-32(22-31(27)37)36(24-13-6-4-7-14-24)30-20-19-23-12-8-9-15-25(23)34(28)30;1-3-7-11(8-4-1)13-15-14(17-16-13)12-9-5-2-6-10-12;1-3-2;1-2/h3-22H,2,35H2,1H3;1-10,13-17H;3H,1H2,2H3;1-2H3/b5-3-,33-18+;;;. The van der Waals surface area contributed by atoms with Crippen molar-refractivity contribution < 1.29 is 0 Å². The summed E-state index contributed by atoms with van der Waals surface area (Å²) in [4.78, 5) is 0. The monoisotopic (exact) mass is 774 g/mol. The molecule has 2 aromatic heterocycles. The summed E-state index contributed by atoms with van der Waals surface area (Å²) in [7, 11) is 0. The average molecular weight is 775 g/mol. The quantitative estimate of drug-likeness (QED) is 0.100. The van der Waals surface area contributed by atoms with Gasteiger partial charge in [0.15, 0.2) is 0 Å². The van der Waals surface area contributed by atoms with Crippen LogP contribution in [0.5, 0.6) is 0 Å². The molecule has 0 bridgehead atoms. The first-order valence-electron chi connectivity index (χ1n) is 20.6. The lowest BCUT2D eigenvalue weighted by Crippen LogP contribution is -2.26. The molecule has 6 nitrogen and oxygen atoms in total. The van der Waals surface area contributed by atoms with Crippen molar-refractivity contribution in [1.82, 2.24) is 25.3 Å². The summed E-state index contributed by atoms with van der Waals surface area (Å²) in [6.07, 6.45) is 9.20. The fraction of sp³-hybridized carbons (Fsp3) is 0.132. The predicted octanol–water partition coefficient (Wildman–Crippen LogP) is 13.1. The summed E-state index contributed by atoms with van der Waals surface area (Å²) >= 11 is 0. The van der Waals surface area contributed by atoms with Gasteiger partial charge in [0.1, 0.15) is 5.82 Å². The number of hydrazine groups is 1. The van der Waals surface area contributed by atoms with Crippen LogP contribution < -0.4 is 21.9 Å². The molecule has 1 aliphatic rings. The van der Waals surface area contributed by atoms with Gasteiger partial charge in [-0.05, 0) is 77.7 Å². The second-order valence-corrected chi connectivity index (χ2v) is 14.1. The highest BCUT2D eigenvalue weighted by Crippen LogP contribution is 2.41. The number of benzene rings is 7. The molecule has 9 aromatic rings. The van der Waals surface area contributed by atoms with Crippen molar-refractivity contribution in [2.75, 3.05) is 0 Å². The van der Waals surface area contributed by atoms with Crippen molar-refractivity contribution >= 4 is 60.2 Å². The van der Waals surface area contributed by atoms with Gasteiger partial charge in [-0.3, -0.25) is 9.88 Å². The molecule has 1 saturated heterocycles. The molecule has 5 N–H and O–H groups in total. The van der Waals surface area contributed by atoms with Gasteiger partial charge in [-0.2, -0.15) is 0 Å². The van der Waals surface area contributed by atoms with E-state index >= 15 is 0 Å². The van der Waals surface area contributed by atoms with Crippen LogP contribution >= 0.6 is 0 Å². The largest absolute Gasteiger partial charge is 0.385 e. The van der Waals surface area contributed by atoms with E-state index in [4.69, 9.17) is 5.73 Å². The van der Waals surface area contributed by atoms with E-state index in [1.165, 1.54) is 54.5 Å². The zero-order chi connectivity index (χ0) is 41.1. The second-order valence-electron chi connectivity index (χ2n) is 14.1. The third kappa shape index (κ3) is 8.34. The Hall–Kier alpha value is -6.70. The van der Waals surface area contributed by atoms with Crippen molar-refractivity contribution in [3.8, 4) is 5.69 Å². The maximum absolute atomic E-state index is 6.72. The minimum atomic E-state index is 0.154. The van der Waals surface area contributed by atoms with E-state index in [1.807, 2.05) is 45.1 Å². The molecular weight excluding hydrogens is 721 g/mol. The molecule has 0 saturated carbocycles. The van der Waals surface area contributed by atoms with Crippen molar-refractivity contribution in [3.05, 3.63) is 206 Å². The number of nitrogens with two attached hydrogens (primary N) is 1. The lowest BCUT2D eigenvalue weighted by Gasteiger charge is -2.12. The highest BCUT2D eigenvalue weighted by atomic mass is 15.5. The van der Waals surface area contributed by atoms with Gasteiger partial charge < -0.3 is 10.3 Å². The summed E-state index contributed by atoms with van der Waals surface area (Å²) in [5.41, 5.74) is 21.5. The number of hydrogen-bond donors (Lipinski definition) is 4. The lowest BCUT2D eigenvalue weighted by molar-refractivity contribution is 0.554. The van der Waals surface area contributed by atoms with Crippen LogP contribution in [0.15, 0.2) is 195 Å². The highest BCUT2D eigenvalue weighted by molar-refractivity contribution is 6.25. The number of rotatable bonds is 6. The Morgan fingerprint density at radius 2 is 1.17 bits per heavy atom. The molecule has 1 aliphatic heterocycles. The molecule has 0 spiro atoms. The van der Waals surface area contributed by atoms with Crippen LogP contribution in [0.2, 0.25) is 0 Å². The number of fused-ring (bicyclic) bond motifs is 8. The Balaban J connectivity index is 0.000000200. The van der Waals surface area contributed by atoms with Crippen molar-refractivity contribution in [1.29, 1.82) is 0 Å². The van der Waals surface area contributed by atoms with E-state index in [1.54, 1.807) is 6.08 Å². The Bertz CT molecular complexity index is 2800. The van der Waals surface area contributed by atoms with Gasteiger partial charge in [0, 0.05) is 27.2 Å². The summed E-state index contributed by atoms with van der Waals surface area (Å²) < 4.78 is 4.57. The molecule has 0 amide bonds. The zero-order valence-corrected chi connectivity index (χ0v) is 34.4. The Morgan fingerprint density at radius 1 is 0.610 bits per heavy atom. The summed E-state index contributed by atoms with van der Waals surface area (Å²) in [6.45, 7) is 11.4. The van der Waals surface area contributed by atoms with E-state index in [2.05, 4.69) is 197 Å². The molecule has 0 radical (unpaired) electrons. The van der Waals surface area contributed by atoms with Gasteiger partial charge in [-0.15, -0.1) is 6.58 Å². The van der Waals surface area contributed by atoms with Crippen LogP contribution in [0.3, 0.4) is 0 Å². The molecule has 6 heteroatoms. The molecule has 2 unspecified atom stereocenters. The van der Waals surface area contributed by atoms with Crippen molar-refractivity contribution in [2.45, 2.75) is 46.4 Å². The van der Waals surface area contributed by atoms with Crippen LogP contribution in [0.25, 0.3) is 65.9 Å². The molecule has 3 heterocycles. The fourth-order valence-corrected chi connectivity index (χ4v) is 7.83. The van der Waals surface area contributed by atoms with Gasteiger partial charge in [0.05, 0.1) is 34.4 Å². The van der Waals surface area contributed by atoms with E-state index in [0.29, 0.717) is 5.82 Å². The molecular formula is C53H54N6. The number of para-hydroxylation sites is 2. The number of allylic oxidation sites excluding steroid dienone is 4. The summed E-state index contributed by atoms with van der Waals surface area (Å²) in [5, 5.41) is 11.0. The SMILES string of the molecule is C=CC.CC.CC/C=C\C=C(/N)n1c2ccccc2c2cc3c4c5ccccc5ccc4n(-c4ccccc4)c3cc21.c1ccc(C2NNC(c3ccccc3)N2)cc1. The number of hydrogen-bond acceptors (Lipinski definition) is 4. The Morgan fingerprint density at radius 3 is 1.80 bits per heavy atom. The predicted molar refractivity (Wildman–Crippen MR) is 254 cm³/mol. The second kappa shape index (κ2) is 19.2. The topological polar surface area (TPSA) is 72.0 Å². The number of nitrogens with zero attached hydrogens (tertiary/aromatic N) is 2. The zero-order valence-electron chi connectivity index (χ0n) is 34.4. The molecule has 59 heavy (non-hydrogen) atoms. The van der Waals surface area contributed by atoms with Crippen molar-refractivity contribution in [2.24, 2.45) is 5.73 Å². The Kier molecular flexibility index (Phi) is 13.2. The normalized spacial score (nSPS) is 15.2. The molecule has 7 aromatic carbocycles. The fourth-order valence-electron chi connectivity index (χ4n) is 7.83. The first kappa shape index (κ1) is 40.5. The van der Waals surface area contributed by atoms with E-state index < -0.39 is 0 Å². The maximum atomic E-state index is 6.72. The first-order valence-corrected chi connectivity index (χ1v) is 20.6. The van der Waals surface area contributed by atoms with Gasteiger partial charge in [0.25, 0.3) is 0 Å². The number of aromatic nitrogens is 2. The van der Waals surface area contributed by atoms with Gasteiger partial charge in [-0.1, -0.05) is 166 Å². The van der Waals surface area contributed by atoms with Crippen LogP contribution in [-0.2, 0) is 0 Å². The van der Waals surface area contributed by atoms with Gasteiger partial charge in [0.2, 0.25) is 0 Å². The van der Waals surface area contributed by atoms with Crippen LogP contribution in [-0.4, -0.2) is 9.13 Å². The van der Waals surface area contributed by atoms with Gasteiger partial charge >= 0.3 is 0 Å². The van der Waals surface area contributed by atoms with Crippen LogP contribution in [0.1, 0.15) is 57.6 Å². The molecule has 1 fully saturated rings. The third-order valence-corrected chi connectivity index (χ3v) is 10.3. The minimum Gasteiger partial charge on any atom is -0.385 e. The van der Waals surface area contributed by atoms with Crippen LogP contribution in [0, 0.1) is 0 Å². The smallest absolute Gasteiger partial charge is 0.108 e. The molecule has 10 rings (SSSR count). The van der Waals surface area contributed by atoms with Crippen molar-refractivity contribution in [3.63, 3.8) is 0 Å². The maximum Gasteiger partial charge on any atom is 0.108 e. The molecule has 296 valence electrons. The highest BCUT2D eigenvalue weighted by Gasteiger charge is 2.24. The van der Waals surface area contributed by atoms with Gasteiger partial charge in [-0.25, -0.2) is 10.9 Å². The van der Waals surface area contributed by atoms with E-state index in [0.717, 1.165) is 23.1 Å². The number of nitrogens with one attached hydrogen (secondary N) is 3. The van der Waals surface area contributed by atoms with E-state index in [-0.39, 0.29) is 12.3 Å². The average Bonchev–Trinajstić information content (AvgIpc) is 4.01. The Labute approximate surface area is 347 Å². The first-order chi connectivity index (χ1) is 29.1. The summed E-state index contributed by atoms with van der Waals surface area (Å²) in [6, 6.07) is 57.7. The van der Waals surface area contributed by atoms with Crippen LogP contribution in [0.4, 0.5) is 0 Å². The molecule has 0 aliphatic carbocycles.